The van der Waals surface area contributed by atoms with Gasteiger partial charge in [-0.25, -0.2) is 0 Å². The van der Waals surface area contributed by atoms with E-state index in [0.29, 0.717) is 36.0 Å². The van der Waals surface area contributed by atoms with Gasteiger partial charge < -0.3 is 20.9 Å². The molecule has 0 aliphatic heterocycles. The number of rotatable bonds is 8. The van der Waals surface area contributed by atoms with Crippen molar-refractivity contribution in [3.63, 3.8) is 0 Å². The van der Waals surface area contributed by atoms with Crippen molar-refractivity contribution < 1.29 is 24.2 Å². The van der Waals surface area contributed by atoms with Crippen molar-refractivity contribution in [3.05, 3.63) is 12.2 Å². The number of hydrogen-bond acceptors (Lipinski definition) is 5. The van der Waals surface area contributed by atoms with Crippen molar-refractivity contribution in [2.45, 2.75) is 170 Å². The molecule has 6 aliphatic carbocycles. The molecule has 276 valence electrons. The fraction of sp³-hybridized carbons (Fsp3) is 0.881. The smallest absolute Gasteiger partial charge is 0.309 e. The molecule has 6 saturated carbocycles. The van der Waals surface area contributed by atoms with Gasteiger partial charge in [-0.05, 0) is 155 Å². The zero-order valence-electron chi connectivity index (χ0n) is 32.1. The Bertz CT molecular complexity index is 1360. The number of amides is 1. The molecule has 0 heterocycles. The molecule has 0 saturated heterocycles. The highest BCUT2D eigenvalue weighted by atomic mass is 16.5. The second kappa shape index (κ2) is 12.4. The Hall–Kier alpha value is -1.89. The maximum Gasteiger partial charge on any atom is 0.309 e. The standard InChI is InChI=1S/C42H68N2O5/c1-25(2)28-14-19-42(23-33(45)44-27-11-10-26(43)22-27)21-20-40(8)29(35(28)42)12-13-31-39(7)17-16-32(49-34(46)24-37(3,4)36(47)48)38(5,6)30(39)15-18-41(31,40)9/h26-32,35H,1,10-24,43H2,2-9H3,(H,44,45)(H,47,48)/t26-,27+,28+,29-,30+,31-,32+,35-,39+,40-,41-,42-/m1/s1. The largest absolute Gasteiger partial charge is 0.481 e. The summed E-state index contributed by atoms with van der Waals surface area (Å²) in [5, 5.41) is 13.0. The van der Waals surface area contributed by atoms with E-state index in [2.05, 4.69) is 53.4 Å². The second-order valence-electron chi connectivity index (χ2n) is 20.3. The van der Waals surface area contributed by atoms with Gasteiger partial charge in [0.2, 0.25) is 5.91 Å². The number of ether oxygens (including phenoxy) is 1. The fourth-order valence-electron chi connectivity index (χ4n) is 14.2. The van der Waals surface area contributed by atoms with Crippen LogP contribution in [-0.2, 0) is 19.1 Å². The third kappa shape index (κ3) is 5.82. The van der Waals surface area contributed by atoms with E-state index in [-0.39, 0.29) is 57.6 Å². The first-order chi connectivity index (χ1) is 22.7. The predicted octanol–water partition coefficient (Wildman–Crippen LogP) is 8.44. The van der Waals surface area contributed by atoms with Crippen LogP contribution in [0.3, 0.4) is 0 Å². The summed E-state index contributed by atoms with van der Waals surface area (Å²) >= 11 is 0. The van der Waals surface area contributed by atoms with E-state index in [0.717, 1.165) is 57.8 Å². The normalized spacial score (nSPS) is 45.7. The van der Waals surface area contributed by atoms with E-state index in [4.69, 9.17) is 10.5 Å². The number of fused-ring (bicyclic) bond motifs is 7. The summed E-state index contributed by atoms with van der Waals surface area (Å²) in [4.78, 5) is 38.5. The average Bonchev–Trinajstić information content (AvgIpc) is 3.57. The summed E-state index contributed by atoms with van der Waals surface area (Å²) in [5.74, 6) is 1.48. The minimum Gasteiger partial charge on any atom is -0.481 e. The van der Waals surface area contributed by atoms with Gasteiger partial charge in [-0.1, -0.05) is 46.8 Å². The summed E-state index contributed by atoms with van der Waals surface area (Å²) < 4.78 is 6.18. The first-order valence-electron chi connectivity index (χ1n) is 19.8. The van der Waals surface area contributed by atoms with Gasteiger partial charge in [0.15, 0.2) is 0 Å². The first-order valence-corrected chi connectivity index (χ1v) is 19.8. The zero-order valence-corrected chi connectivity index (χ0v) is 32.1. The maximum absolute atomic E-state index is 13.7. The highest BCUT2D eigenvalue weighted by molar-refractivity contribution is 5.81. The Morgan fingerprint density at radius 2 is 1.59 bits per heavy atom. The van der Waals surface area contributed by atoms with Crippen molar-refractivity contribution >= 4 is 17.8 Å². The van der Waals surface area contributed by atoms with Gasteiger partial charge in [0.05, 0.1) is 11.8 Å². The van der Waals surface area contributed by atoms with Crippen LogP contribution >= 0.6 is 0 Å². The molecule has 1 amide bonds. The molecule has 6 fully saturated rings. The molecule has 12 atom stereocenters. The predicted molar refractivity (Wildman–Crippen MR) is 193 cm³/mol. The molecule has 0 aromatic carbocycles. The second-order valence-corrected chi connectivity index (χ2v) is 20.3. The Balaban J connectivity index is 1.23. The number of esters is 1. The van der Waals surface area contributed by atoms with E-state index in [1.54, 1.807) is 13.8 Å². The molecule has 0 unspecified atom stereocenters. The van der Waals surface area contributed by atoms with Crippen LogP contribution in [0.5, 0.6) is 0 Å². The number of carboxylic acids is 1. The third-order valence-corrected chi connectivity index (χ3v) is 17.0. The lowest BCUT2D eigenvalue weighted by atomic mass is 9.32. The molecule has 49 heavy (non-hydrogen) atoms. The number of nitrogens with one attached hydrogen (secondary N) is 1. The molecule has 6 rings (SSSR count). The lowest BCUT2D eigenvalue weighted by Crippen LogP contribution is -2.67. The van der Waals surface area contributed by atoms with Gasteiger partial charge in [0.25, 0.3) is 0 Å². The lowest BCUT2D eigenvalue weighted by molar-refractivity contribution is -0.250. The quantitative estimate of drug-likeness (QED) is 0.175. The molecule has 0 bridgehead atoms. The SMILES string of the molecule is C=C(C)[C@@H]1CC[C@]2(CC(=O)N[C@H]3CC[C@@H](N)C3)CC[C@]3(C)[C@H](CC[C@@H]4[C@@]5(C)CC[C@H](OC(=O)CC(C)(C)C(=O)O)C(C)(C)[C@@H]5CC[C@]43C)[C@@H]12. The minimum atomic E-state index is -1.14. The Labute approximate surface area is 296 Å². The van der Waals surface area contributed by atoms with Gasteiger partial charge in [0, 0.05) is 23.9 Å². The summed E-state index contributed by atoms with van der Waals surface area (Å²) in [7, 11) is 0. The Morgan fingerprint density at radius 3 is 2.22 bits per heavy atom. The van der Waals surface area contributed by atoms with E-state index >= 15 is 0 Å². The zero-order chi connectivity index (χ0) is 35.9. The van der Waals surface area contributed by atoms with E-state index < -0.39 is 17.4 Å². The first kappa shape index (κ1) is 36.9. The molecule has 0 radical (unpaired) electrons. The number of carboxylic acid groups (broad SMARTS) is 1. The average molecular weight is 681 g/mol. The Morgan fingerprint density at radius 1 is 0.878 bits per heavy atom. The summed E-state index contributed by atoms with van der Waals surface area (Å²) in [5.41, 5.74) is 6.77. The number of carbonyl (C=O) groups is 3. The molecule has 6 aliphatic rings. The van der Waals surface area contributed by atoms with Crippen LogP contribution in [0.2, 0.25) is 0 Å². The van der Waals surface area contributed by atoms with Crippen molar-refractivity contribution in [1.29, 1.82) is 0 Å². The maximum atomic E-state index is 13.7. The van der Waals surface area contributed by atoms with Gasteiger partial charge >= 0.3 is 11.9 Å². The minimum absolute atomic E-state index is 0.0576. The van der Waals surface area contributed by atoms with Gasteiger partial charge in [0.1, 0.15) is 6.10 Å². The fourth-order valence-corrected chi connectivity index (χ4v) is 14.2. The molecule has 4 N–H and O–H groups in total. The molecular weight excluding hydrogens is 612 g/mol. The summed E-state index contributed by atoms with van der Waals surface area (Å²) in [6, 6.07) is 0.444. The van der Waals surface area contributed by atoms with Crippen LogP contribution in [-0.4, -0.2) is 41.1 Å². The number of nitrogens with two attached hydrogens (primary N) is 1. The van der Waals surface area contributed by atoms with Crippen LogP contribution in [0.25, 0.3) is 0 Å². The molecule has 0 spiro atoms. The molecular formula is C42H68N2O5. The van der Waals surface area contributed by atoms with Crippen molar-refractivity contribution in [2.75, 3.05) is 0 Å². The number of aliphatic carboxylic acids is 1. The lowest BCUT2D eigenvalue weighted by Gasteiger charge is -2.73. The third-order valence-electron chi connectivity index (χ3n) is 17.0. The topological polar surface area (TPSA) is 119 Å². The van der Waals surface area contributed by atoms with Crippen LogP contribution in [0.15, 0.2) is 12.2 Å². The molecule has 7 nitrogen and oxygen atoms in total. The Kier molecular flexibility index (Phi) is 9.31. The summed E-state index contributed by atoms with van der Waals surface area (Å²) in [6.07, 6.45) is 14.5. The van der Waals surface area contributed by atoms with E-state index in [1.165, 1.54) is 31.3 Å². The summed E-state index contributed by atoms with van der Waals surface area (Å²) in [6.45, 7) is 22.4. The van der Waals surface area contributed by atoms with E-state index in [9.17, 15) is 19.5 Å². The number of hydrogen-bond donors (Lipinski definition) is 3. The van der Waals surface area contributed by atoms with Crippen molar-refractivity contribution in [1.82, 2.24) is 5.32 Å². The van der Waals surface area contributed by atoms with Crippen LogP contribution in [0.4, 0.5) is 0 Å². The van der Waals surface area contributed by atoms with Crippen LogP contribution in [0, 0.1) is 62.1 Å². The highest BCUT2D eigenvalue weighted by Crippen LogP contribution is 2.78. The van der Waals surface area contributed by atoms with Gasteiger partial charge in [-0.15, -0.1) is 0 Å². The number of carbonyl (C=O) groups excluding carboxylic acids is 2. The van der Waals surface area contributed by atoms with Crippen LogP contribution < -0.4 is 11.1 Å². The molecule has 0 aromatic rings. The highest BCUT2D eigenvalue weighted by Gasteiger charge is 2.71. The molecule has 0 aromatic heterocycles. The van der Waals surface area contributed by atoms with Gasteiger partial charge in [-0.2, -0.15) is 0 Å². The van der Waals surface area contributed by atoms with Crippen molar-refractivity contribution in [2.24, 2.45) is 67.8 Å². The van der Waals surface area contributed by atoms with Gasteiger partial charge in [-0.3, -0.25) is 14.4 Å². The van der Waals surface area contributed by atoms with Crippen LogP contribution in [0.1, 0.15) is 152 Å². The monoisotopic (exact) mass is 681 g/mol. The van der Waals surface area contributed by atoms with E-state index in [1.807, 2.05) is 0 Å². The molecule has 7 heteroatoms. The number of allylic oxidation sites excluding steroid dienone is 1. The van der Waals surface area contributed by atoms with Crippen molar-refractivity contribution in [3.8, 4) is 0 Å².